The molecule has 0 saturated heterocycles. The number of anilines is 3. The average molecular weight is 819 g/mol. The largest absolute Gasteiger partial charge is 0.456 e. The second-order valence-electron chi connectivity index (χ2n) is 16.5. The van der Waals surface area contributed by atoms with Crippen molar-refractivity contribution in [1.82, 2.24) is 4.57 Å². The van der Waals surface area contributed by atoms with Gasteiger partial charge in [0, 0.05) is 61.1 Å². The normalized spacial score (nSPS) is 11.8. The van der Waals surface area contributed by atoms with Crippen molar-refractivity contribution in [2.45, 2.75) is 0 Å². The molecule has 0 aliphatic rings. The van der Waals surface area contributed by atoms with Crippen LogP contribution in [-0.2, 0) is 0 Å². The summed E-state index contributed by atoms with van der Waals surface area (Å²) in [4.78, 5) is 2.31. The molecule has 4 nitrogen and oxygen atoms in total. The number of furan rings is 2. The van der Waals surface area contributed by atoms with Gasteiger partial charge in [0.15, 0.2) is 0 Å². The number of benzene rings is 10. The lowest BCUT2D eigenvalue weighted by Crippen LogP contribution is -2.09. The summed E-state index contributed by atoms with van der Waals surface area (Å²) in [6, 6.07) is 82.3. The van der Waals surface area contributed by atoms with Crippen LogP contribution in [0.15, 0.2) is 239 Å². The Kier molecular flexibility index (Phi) is 8.18. The number of hydrogen-bond donors (Lipinski definition) is 0. The fraction of sp³-hybridized carbons (Fsp3) is 0. The van der Waals surface area contributed by atoms with Gasteiger partial charge in [-0.1, -0.05) is 127 Å². The van der Waals surface area contributed by atoms with Gasteiger partial charge in [-0.3, -0.25) is 0 Å². The Morgan fingerprint density at radius 1 is 0.266 bits per heavy atom. The molecule has 0 unspecified atom stereocenters. The Morgan fingerprint density at radius 3 is 1.33 bits per heavy atom. The molecule has 0 aliphatic carbocycles. The van der Waals surface area contributed by atoms with E-state index in [1.54, 1.807) is 0 Å². The smallest absolute Gasteiger partial charge is 0.137 e. The molecule has 0 fully saturated rings. The molecule has 0 N–H and O–H groups in total. The molecule has 4 heteroatoms. The summed E-state index contributed by atoms with van der Waals surface area (Å²) < 4.78 is 15.0. The highest BCUT2D eigenvalue weighted by Crippen LogP contribution is 2.42. The molecule has 10 aromatic carbocycles. The number of fused-ring (bicyclic) bond motifs is 9. The van der Waals surface area contributed by atoms with E-state index >= 15 is 0 Å². The minimum Gasteiger partial charge on any atom is -0.456 e. The van der Waals surface area contributed by atoms with Crippen molar-refractivity contribution in [2.75, 3.05) is 4.90 Å². The average Bonchev–Trinajstić information content (AvgIpc) is 4.03. The van der Waals surface area contributed by atoms with Gasteiger partial charge in [-0.05, 0) is 130 Å². The third-order valence-corrected chi connectivity index (χ3v) is 12.8. The van der Waals surface area contributed by atoms with Gasteiger partial charge in [0.25, 0.3) is 0 Å². The van der Waals surface area contributed by atoms with Crippen LogP contribution in [0.4, 0.5) is 17.1 Å². The van der Waals surface area contributed by atoms with Crippen molar-refractivity contribution < 1.29 is 8.83 Å². The van der Waals surface area contributed by atoms with Crippen molar-refractivity contribution in [3.8, 4) is 39.1 Å². The lowest BCUT2D eigenvalue weighted by atomic mass is 9.99. The van der Waals surface area contributed by atoms with Crippen LogP contribution in [-0.4, -0.2) is 4.57 Å². The molecule has 0 bridgehead atoms. The van der Waals surface area contributed by atoms with Crippen LogP contribution < -0.4 is 4.90 Å². The maximum Gasteiger partial charge on any atom is 0.137 e. The third kappa shape index (κ3) is 5.92. The highest BCUT2D eigenvalue weighted by molar-refractivity contribution is 6.12. The summed E-state index contributed by atoms with van der Waals surface area (Å²) >= 11 is 0. The van der Waals surface area contributed by atoms with Gasteiger partial charge in [0.05, 0.1) is 11.0 Å². The van der Waals surface area contributed by atoms with Gasteiger partial charge in [0.1, 0.15) is 22.3 Å². The fourth-order valence-corrected chi connectivity index (χ4v) is 9.68. The fourth-order valence-electron chi connectivity index (χ4n) is 9.68. The number of hydrogen-bond acceptors (Lipinski definition) is 3. The molecule has 3 heterocycles. The van der Waals surface area contributed by atoms with Crippen LogP contribution in [0, 0.1) is 0 Å². The predicted molar refractivity (Wildman–Crippen MR) is 266 cm³/mol. The maximum atomic E-state index is 6.39. The zero-order valence-corrected chi connectivity index (χ0v) is 34.7. The van der Waals surface area contributed by atoms with Crippen molar-refractivity contribution in [3.05, 3.63) is 231 Å². The van der Waals surface area contributed by atoms with E-state index in [4.69, 9.17) is 8.83 Å². The van der Waals surface area contributed by atoms with E-state index in [-0.39, 0.29) is 0 Å². The summed E-state index contributed by atoms with van der Waals surface area (Å²) in [5.74, 6) is 0. The molecule has 64 heavy (non-hydrogen) atoms. The van der Waals surface area contributed by atoms with E-state index in [2.05, 4.69) is 216 Å². The Bertz CT molecular complexity index is 3880. The van der Waals surface area contributed by atoms with Crippen molar-refractivity contribution in [2.24, 2.45) is 0 Å². The Labute approximate surface area is 369 Å². The number of nitrogens with zero attached hydrogens (tertiary/aromatic N) is 2. The van der Waals surface area contributed by atoms with Crippen LogP contribution >= 0.6 is 0 Å². The molecule has 0 radical (unpaired) electrons. The lowest BCUT2D eigenvalue weighted by Gasteiger charge is -2.26. The number of aromatic nitrogens is 1. The predicted octanol–water partition coefficient (Wildman–Crippen LogP) is 17.1. The quantitative estimate of drug-likeness (QED) is 0.161. The van der Waals surface area contributed by atoms with Crippen LogP contribution in [0.3, 0.4) is 0 Å². The van der Waals surface area contributed by atoms with Gasteiger partial charge < -0.3 is 18.3 Å². The first-order chi connectivity index (χ1) is 31.7. The molecule has 0 amide bonds. The zero-order chi connectivity index (χ0) is 42.1. The SMILES string of the molecule is c1ccc(-c2ccc(N(c3ccc(-c4ccc5c(c4)c4cc(-c6ccc7oc8ccccc8c7c6)ccc4n5-c4ccccc4)cc3)c3ccc4c(c3)oc3ccccc34)cc2)cc1. The molecular weight excluding hydrogens is 781 g/mol. The molecule has 13 aromatic rings. The highest BCUT2D eigenvalue weighted by atomic mass is 16.3. The maximum absolute atomic E-state index is 6.39. The molecule has 13 rings (SSSR count). The molecule has 0 saturated carbocycles. The molecule has 0 atom stereocenters. The molecule has 3 aromatic heterocycles. The standard InChI is InChI=1S/C60H38N2O2/c1-3-11-39(12-4-1)40-19-26-46(27-20-40)61(48-30-31-51-49-15-7-9-17-57(49)64-60(51)38-48)47-28-21-41(22-29-47)42-23-32-55-52(35-42)53-36-43(24-33-56(53)62(55)45-13-5-2-6-14-45)44-25-34-59-54(37-44)50-16-8-10-18-58(50)63-59/h1-38H. The van der Waals surface area contributed by atoms with Crippen LogP contribution in [0.25, 0.3) is 105 Å². The Morgan fingerprint density at radius 2 is 0.688 bits per heavy atom. The molecule has 0 spiro atoms. The summed E-state index contributed by atoms with van der Waals surface area (Å²) in [5, 5.41) is 6.90. The lowest BCUT2D eigenvalue weighted by molar-refractivity contribution is 0.668. The van der Waals surface area contributed by atoms with Crippen LogP contribution in [0.2, 0.25) is 0 Å². The Balaban J connectivity index is 0.921. The van der Waals surface area contributed by atoms with Gasteiger partial charge in [-0.2, -0.15) is 0 Å². The highest BCUT2D eigenvalue weighted by Gasteiger charge is 2.18. The van der Waals surface area contributed by atoms with Crippen LogP contribution in [0.1, 0.15) is 0 Å². The third-order valence-electron chi connectivity index (χ3n) is 12.8. The van der Waals surface area contributed by atoms with Crippen molar-refractivity contribution >= 4 is 82.7 Å². The van der Waals surface area contributed by atoms with Gasteiger partial charge >= 0.3 is 0 Å². The minimum atomic E-state index is 0.864. The molecule has 300 valence electrons. The van der Waals surface area contributed by atoms with E-state index < -0.39 is 0 Å². The topological polar surface area (TPSA) is 34.5 Å². The van der Waals surface area contributed by atoms with Gasteiger partial charge in [-0.15, -0.1) is 0 Å². The molecule has 0 aliphatic heterocycles. The Hall–Kier alpha value is -8.60. The summed E-state index contributed by atoms with van der Waals surface area (Å²) in [6.45, 7) is 0. The van der Waals surface area contributed by atoms with E-state index in [1.807, 2.05) is 24.3 Å². The molecular formula is C60H38N2O2. The summed E-state index contributed by atoms with van der Waals surface area (Å²) in [6.07, 6.45) is 0. The summed E-state index contributed by atoms with van der Waals surface area (Å²) in [7, 11) is 0. The second kappa shape index (κ2) is 14.5. The van der Waals surface area contributed by atoms with Gasteiger partial charge in [-0.25, -0.2) is 0 Å². The van der Waals surface area contributed by atoms with Crippen LogP contribution in [0.5, 0.6) is 0 Å². The van der Waals surface area contributed by atoms with E-state index in [0.717, 1.165) is 83.3 Å². The van der Waals surface area contributed by atoms with Gasteiger partial charge in [0.2, 0.25) is 0 Å². The van der Waals surface area contributed by atoms with E-state index in [0.29, 0.717) is 0 Å². The first kappa shape index (κ1) is 36.1. The van der Waals surface area contributed by atoms with Crippen molar-refractivity contribution in [1.29, 1.82) is 0 Å². The number of para-hydroxylation sites is 3. The van der Waals surface area contributed by atoms with E-state index in [1.165, 1.54) is 38.5 Å². The van der Waals surface area contributed by atoms with E-state index in [9.17, 15) is 0 Å². The zero-order valence-electron chi connectivity index (χ0n) is 34.7. The first-order valence-corrected chi connectivity index (χ1v) is 21.7. The number of rotatable bonds is 7. The summed E-state index contributed by atoms with van der Waals surface area (Å²) in [5.41, 5.74) is 17.2. The van der Waals surface area contributed by atoms with Crippen molar-refractivity contribution in [3.63, 3.8) is 0 Å². The monoisotopic (exact) mass is 818 g/mol. The minimum absolute atomic E-state index is 0.864. The second-order valence-corrected chi connectivity index (χ2v) is 16.5. The first-order valence-electron chi connectivity index (χ1n) is 21.7.